The highest BCUT2D eigenvalue weighted by Gasteiger charge is 2.11. The smallest absolute Gasteiger partial charge is 0.198 e. The molecular weight excluding hydrogens is 248 g/mol. The molecule has 0 saturated carbocycles. The van der Waals surface area contributed by atoms with Crippen molar-refractivity contribution in [2.45, 2.75) is 0 Å². The van der Waals surface area contributed by atoms with Crippen molar-refractivity contribution in [3.05, 3.63) is 35.0 Å². The van der Waals surface area contributed by atoms with E-state index < -0.39 is 0 Å². The second-order valence-corrected chi connectivity index (χ2v) is 3.81. The molecule has 1 heterocycles. The summed E-state index contributed by atoms with van der Waals surface area (Å²) in [5.41, 5.74) is 6.57. The molecule has 0 saturated heterocycles. The van der Waals surface area contributed by atoms with Crippen molar-refractivity contribution < 1.29 is 4.63 Å². The number of nitrogens with zero attached hydrogens (tertiary/aromatic N) is 2. The first-order valence-electron chi connectivity index (χ1n) is 4.32. The van der Waals surface area contributed by atoms with Gasteiger partial charge in [0.1, 0.15) is 4.99 Å². The average Bonchev–Trinajstić information content (AvgIpc) is 2.64. The lowest BCUT2D eigenvalue weighted by molar-refractivity contribution is 0.308. The molecule has 0 fully saturated rings. The first kappa shape index (κ1) is 10.8. The Morgan fingerprint density at radius 3 is 2.88 bits per heavy atom. The number of halogens is 1. The fourth-order valence-electron chi connectivity index (χ4n) is 1.11. The maximum atomic E-state index is 5.83. The Bertz CT molecular complexity index is 528. The Kier molecular flexibility index (Phi) is 3.02. The van der Waals surface area contributed by atoms with Crippen LogP contribution in [-0.2, 0) is 0 Å². The van der Waals surface area contributed by atoms with Crippen molar-refractivity contribution in [2.75, 3.05) is 11.1 Å². The molecule has 3 N–H and O–H groups in total. The molecule has 0 aliphatic carbocycles. The molecule has 5 nitrogen and oxygen atoms in total. The van der Waals surface area contributed by atoms with Gasteiger partial charge in [-0.25, -0.2) is 4.63 Å². The van der Waals surface area contributed by atoms with E-state index in [-0.39, 0.29) is 5.82 Å². The number of hydrogen-bond acceptors (Lipinski definition) is 5. The maximum Gasteiger partial charge on any atom is 0.198 e. The van der Waals surface area contributed by atoms with Crippen molar-refractivity contribution in [1.82, 2.24) is 10.3 Å². The van der Waals surface area contributed by atoms with E-state index >= 15 is 0 Å². The van der Waals surface area contributed by atoms with Gasteiger partial charge in [0.2, 0.25) is 0 Å². The van der Waals surface area contributed by atoms with Gasteiger partial charge < -0.3 is 11.1 Å². The van der Waals surface area contributed by atoms with E-state index in [9.17, 15) is 0 Å². The second kappa shape index (κ2) is 4.46. The van der Waals surface area contributed by atoms with Gasteiger partial charge in [0.15, 0.2) is 11.5 Å². The lowest BCUT2D eigenvalue weighted by atomic mass is 10.3. The molecule has 0 unspecified atom stereocenters. The van der Waals surface area contributed by atoms with Crippen LogP contribution in [0.15, 0.2) is 28.9 Å². The number of nitrogen functional groups attached to an aromatic ring is 1. The highest BCUT2D eigenvalue weighted by molar-refractivity contribution is 7.81. The number of nitrogens with one attached hydrogen (secondary N) is 1. The number of anilines is 2. The Balaban J connectivity index is 2.17. The second-order valence-electron chi connectivity index (χ2n) is 2.96. The summed E-state index contributed by atoms with van der Waals surface area (Å²) >= 11 is 10.9. The summed E-state index contributed by atoms with van der Waals surface area (Å²) in [5.74, 6) is 0.152. The summed E-state index contributed by atoms with van der Waals surface area (Å²) in [4.78, 5) is 0.334. The first-order valence-corrected chi connectivity index (χ1v) is 5.10. The molecule has 0 bridgehead atoms. The Morgan fingerprint density at radius 1 is 1.44 bits per heavy atom. The van der Waals surface area contributed by atoms with Crippen LogP contribution in [0.2, 0.25) is 5.02 Å². The maximum absolute atomic E-state index is 5.83. The van der Waals surface area contributed by atoms with Gasteiger partial charge in [-0.2, -0.15) is 0 Å². The van der Waals surface area contributed by atoms with E-state index in [0.717, 1.165) is 5.69 Å². The third kappa shape index (κ3) is 2.29. The van der Waals surface area contributed by atoms with E-state index in [4.69, 9.17) is 29.6 Å². The van der Waals surface area contributed by atoms with Gasteiger partial charge in [0.25, 0.3) is 0 Å². The minimum Gasteiger partial charge on any atom is -0.379 e. The lowest BCUT2D eigenvalue weighted by Gasteiger charge is -2.05. The van der Waals surface area contributed by atoms with Crippen LogP contribution in [0.3, 0.4) is 0 Å². The summed E-state index contributed by atoms with van der Waals surface area (Å²) in [6.07, 6.45) is 0. The molecule has 0 atom stereocenters. The normalized spacial score (nSPS) is 10.1. The molecular formula is C9H7ClN4OS. The van der Waals surface area contributed by atoms with Gasteiger partial charge >= 0.3 is 0 Å². The molecule has 0 aliphatic heterocycles. The Labute approximate surface area is 102 Å². The van der Waals surface area contributed by atoms with Gasteiger partial charge in [-0.1, -0.05) is 29.9 Å². The highest BCUT2D eigenvalue weighted by atomic mass is 35.5. The predicted molar refractivity (Wildman–Crippen MR) is 65.5 cm³/mol. The van der Waals surface area contributed by atoms with Crippen LogP contribution in [0.25, 0.3) is 0 Å². The van der Waals surface area contributed by atoms with Gasteiger partial charge in [0.05, 0.1) is 0 Å². The quantitative estimate of drug-likeness (QED) is 0.799. The molecule has 7 heteroatoms. The van der Waals surface area contributed by atoms with Crippen LogP contribution < -0.4 is 11.1 Å². The predicted octanol–water partition coefficient (Wildman–Crippen LogP) is 2.09. The SMILES string of the molecule is Nc1nonc1C(=S)Nc1cccc(Cl)c1. The molecule has 2 rings (SSSR count). The number of hydrogen-bond donors (Lipinski definition) is 2. The molecule has 16 heavy (non-hydrogen) atoms. The number of thiocarbonyl (C=S) groups is 1. The minimum atomic E-state index is 0.152. The van der Waals surface area contributed by atoms with Gasteiger partial charge in [-0.3, -0.25) is 0 Å². The molecule has 0 aliphatic rings. The van der Waals surface area contributed by atoms with E-state index in [0.29, 0.717) is 15.7 Å². The van der Waals surface area contributed by atoms with E-state index in [1.165, 1.54) is 0 Å². The third-order valence-corrected chi connectivity index (χ3v) is 2.34. The topological polar surface area (TPSA) is 77.0 Å². The molecule has 2 aromatic rings. The average molecular weight is 255 g/mol. The summed E-state index contributed by atoms with van der Waals surface area (Å²) in [6.45, 7) is 0. The third-order valence-electron chi connectivity index (χ3n) is 1.81. The fraction of sp³-hybridized carbons (Fsp3) is 0. The zero-order valence-corrected chi connectivity index (χ0v) is 9.55. The summed E-state index contributed by atoms with van der Waals surface area (Å²) in [6, 6.07) is 7.12. The number of nitrogens with two attached hydrogens (primary N) is 1. The summed E-state index contributed by atoms with van der Waals surface area (Å²) in [5, 5.41) is 10.6. The van der Waals surface area contributed by atoms with Crippen molar-refractivity contribution >= 4 is 40.3 Å². The van der Waals surface area contributed by atoms with E-state index in [1.807, 2.05) is 6.07 Å². The highest BCUT2D eigenvalue weighted by Crippen LogP contribution is 2.16. The number of rotatable bonds is 2. The molecule has 1 aromatic carbocycles. The minimum absolute atomic E-state index is 0.152. The summed E-state index contributed by atoms with van der Waals surface area (Å²) < 4.78 is 4.45. The molecule has 0 radical (unpaired) electrons. The zero-order chi connectivity index (χ0) is 11.5. The monoisotopic (exact) mass is 254 g/mol. The van der Waals surface area contributed by atoms with Crippen molar-refractivity contribution in [1.29, 1.82) is 0 Å². The van der Waals surface area contributed by atoms with Crippen LogP contribution in [0.5, 0.6) is 0 Å². The van der Waals surface area contributed by atoms with Gasteiger partial charge in [0, 0.05) is 10.7 Å². The molecule has 1 aromatic heterocycles. The molecule has 0 spiro atoms. The fourth-order valence-corrected chi connectivity index (χ4v) is 1.56. The van der Waals surface area contributed by atoms with Gasteiger partial charge in [-0.05, 0) is 28.5 Å². The molecule has 0 amide bonds. The Hall–Kier alpha value is -1.66. The van der Waals surface area contributed by atoms with Gasteiger partial charge in [-0.15, -0.1) is 0 Å². The summed E-state index contributed by atoms with van der Waals surface area (Å²) in [7, 11) is 0. The van der Waals surface area contributed by atoms with Crippen LogP contribution >= 0.6 is 23.8 Å². The van der Waals surface area contributed by atoms with Crippen LogP contribution in [0, 0.1) is 0 Å². The lowest BCUT2D eigenvalue weighted by Crippen LogP contribution is -2.12. The van der Waals surface area contributed by atoms with Crippen LogP contribution in [0.4, 0.5) is 11.5 Å². The van der Waals surface area contributed by atoms with Crippen LogP contribution in [0.1, 0.15) is 5.69 Å². The zero-order valence-electron chi connectivity index (χ0n) is 7.98. The van der Waals surface area contributed by atoms with Crippen LogP contribution in [-0.4, -0.2) is 15.3 Å². The van der Waals surface area contributed by atoms with E-state index in [1.54, 1.807) is 18.2 Å². The van der Waals surface area contributed by atoms with Crippen molar-refractivity contribution in [2.24, 2.45) is 0 Å². The van der Waals surface area contributed by atoms with Crippen molar-refractivity contribution in [3.63, 3.8) is 0 Å². The number of benzene rings is 1. The van der Waals surface area contributed by atoms with E-state index in [2.05, 4.69) is 20.3 Å². The molecule has 82 valence electrons. The first-order chi connectivity index (χ1) is 7.66. The van der Waals surface area contributed by atoms with Crippen molar-refractivity contribution in [3.8, 4) is 0 Å². The standard InChI is InChI=1S/C9H7ClN4OS/c10-5-2-1-3-6(4-5)12-9(16)7-8(11)14-15-13-7/h1-4H,(H2,11,14)(H,12,16). The largest absolute Gasteiger partial charge is 0.379 e. The number of aromatic nitrogens is 2. The Morgan fingerprint density at radius 2 is 2.25 bits per heavy atom.